The van der Waals surface area contributed by atoms with Crippen LogP contribution in [0.2, 0.25) is 0 Å². The maximum Gasteiger partial charge on any atom is 0.135 e. The zero-order chi connectivity index (χ0) is 12.3. The van der Waals surface area contributed by atoms with Gasteiger partial charge in [-0.3, -0.25) is 0 Å². The molecule has 1 heterocycles. The largest absolute Gasteiger partial charge is 0.383 e. The highest BCUT2D eigenvalue weighted by molar-refractivity contribution is 14.1. The predicted molar refractivity (Wildman–Crippen MR) is 75.6 cm³/mol. The number of hydrogen-bond acceptors (Lipinski definition) is 3. The summed E-state index contributed by atoms with van der Waals surface area (Å²) in [4.78, 5) is 0. The molecule has 4 nitrogen and oxygen atoms in total. The Morgan fingerprint density at radius 2 is 2.06 bits per heavy atom. The molecule has 5 heteroatoms. The van der Waals surface area contributed by atoms with Crippen LogP contribution in [0.15, 0.2) is 30.5 Å². The third-order valence-electron chi connectivity index (χ3n) is 2.57. The van der Waals surface area contributed by atoms with Crippen molar-refractivity contribution in [1.29, 1.82) is 0 Å². The van der Waals surface area contributed by atoms with Crippen LogP contribution >= 0.6 is 22.6 Å². The first-order valence-corrected chi connectivity index (χ1v) is 6.32. The Bertz CT molecular complexity index is 510. The van der Waals surface area contributed by atoms with Gasteiger partial charge in [0.2, 0.25) is 0 Å². The Labute approximate surface area is 114 Å². The van der Waals surface area contributed by atoms with Crippen LogP contribution in [0, 0.1) is 3.57 Å². The van der Waals surface area contributed by atoms with Crippen molar-refractivity contribution in [2.45, 2.75) is 13.2 Å². The predicted octanol–water partition coefficient (Wildman–Crippen LogP) is 2.26. The Kier molecular flexibility index (Phi) is 4.01. The molecule has 0 atom stereocenters. The molecule has 1 aromatic heterocycles. The molecular weight excluding hydrogens is 329 g/mol. The van der Waals surface area contributed by atoms with E-state index in [9.17, 15) is 0 Å². The number of nitrogen functional groups attached to an aromatic ring is 1. The first-order chi connectivity index (χ1) is 8.22. The molecule has 0 aliphatic carbocycles. The molecule has 0 bridgehead atoms. The minimum absolute atomic E-state index is 0.606. The van der Waals surface area contributed by atoms with Crippen LogP contribution in [0.5, 0.6) is 0 Å². The van der Waals surface area contributed by atoms with E-state index in [0.29, 0.717) is 19.0 Å². The van der Waals surface area contributed by atoms with Crippen LogP contribution in [-0.2, 0) is 17.9 Å². The van der Waals surface area contributed by atoms with Crippen molar-refractivity contribution in [2.75, 3.05) is 12.8 Å². The Balaban J connectivity index is 2.26. The van der Waals surface area contributed by atoms with Gasteiger partial charge < -0.3 is 10.5 Å². The van der Waals surface area contributed by atoms with Gasteiger partial charge in [0.15, 0.2) is 0 Å². The van der Waals surface area contributed by atoms with Gasteiger partial charge in [-0.2, -0.15) is 5.10 Å². The number of nitrogens with zero attached hydrogens (tertiary/aromatic N) is 2. The summed E-state index contributed by atoms with van der Waals surface area (Å²) in [5.74, 6) is 0.706. The van der Waals surface area contributed by atoms with E-state index in [0.717, 1.165) is 3.57 Å². The van der Waals surface area contributed by atoms with Gasteiger partial charge in [-0.15, -0.1) is 0 Å². The zero-order valence-corrected chi connectivity index (χ0v) is 11.7. The standard InChI is InChI=1S/C12H14IN3O/c1-17-8-10-5-3-2-4-9(10)7-16-12(14)11(13)6-15-16/h2-6H,7-8,14H2,1H3. The fourth-order valence-corrected chi connectivity index (χ4v) is 2.07. The van der Waals surface area contributed by atoms with E-state index in [2.05, 4.69) is 39.8 Å². The molecule has 0 spiro atoms. The smallest absolute Gasteiger partial charge is 0.135 e. The summed E-state index contributed by atoms with van der Waals surface area (Å²) in [7, 11) is 1.70. The quantitative estimate of drug-likeness (QED) is 0.867. The monoisotopic (exact) mass is 343 g/mol. The lowest BCUT2D eigenvalue weighted by Gasteiger charge is -2.09. The van der Waals surface area contributed by atoms with Crippen LogP contribution in [0.4, 0.5) is 5.82 Å². The third kappa shape index (κ3) is 2.78. The van der Waals surface area contributed by atoms with E-state index in [4.69, 9.17) is 10.5 Å². The summed E-state index contributed by atoms with van der Waals surface area (Å²) in [6, 6.07) is 8.15. The van der Waals surface area contributed by atoms with Gasteiger partial charge in [0.05, 0.1) is 22.9 Å². The Morgan fingerprint density at radius 3 is 2.65 bits per heavy atom. The average Bonchev–Trinajstić information content (AvgIpc) is 2.64. The van der Waals surface area contributed by atoms with Crippen LogP contribution in [0.1, 0.15) is 11.1 Å². The first kappa shape index (κ1) is 12.4. The van der Waals surface area contributed by atoms with Gasteiger partial charge in [0, 0.05) is 7.11 Å². The number of benzene rings is 1. The molecular formula is C12H14IN3O. The molecule has 0 radical (unpaired) electrons. The SMILES string of the molecule is COCc1ccccc1Cn1ncc(I)c1N. The molecule has 0 saturated carbocycles. The fraction of sp³-hybridized carbons (Fsp3) is 0.250. The molecule has 1 aromatic carbocycles. The highest BCUT2D eigenvalue weighted by atomic mass is 127. The molecule has 2 N–H and O–H groups in total. The maximum absolute atomic E-state index is 5.94. The van der Waals surface area contributed by atoms with Crippen molar-refractivity contribution in [3.63, 3.8) is 0 Å². The van der Waals surface area contributed by atoms with Gasteiger partial charge in [0.1, 0.15) is 5.82 Å². The number of nitrogens with two attached hydrogens (primary N) is 1. The normalized spacial score (nSPS) is 10.7. The number of hydrogen-bond donors (Lipinski definition) is 1. The highest BCUT2D eigenvalue weighted by Gasteiger charge is 2.07. The highest BCUT2D eigenvalue weighted by Crippen LogP contribution is 2.17. The molecule has 0 unspecified atom stereocenters. The van der Waals surface area contributed by atoms with Gasteiger partial charge in [-0.1, -0.05) is 24.3 Å². The summed E-state index contributed by atoms with van der Waals surface area (Å²) in [5.41, 5.74) is 8.28. The second-order valence-corrected chi connectivity index (χ2v) is 4.90. The van der Waals surface area contributed by atoms with Crippen LogP contribution in [0.25, 0.3) is 0 Å². The number of halogens is 1. The Morgan fingerprint density at radius 1 is 1.35 bits per heavy atom. The lowest BCUT2D eigenvalue weighted by Crippen LogP contribution is -2.08. The molecule has 17 heavy (non-hydrogen) atoms. The van der Waals surface area contributed by atoms with Crippen LogP contribution in [-0.4, -0.2) is 16.9 Å². The molecule has 0 amide bonds. The number of ether oxygens (including phenoxy) is 1. The molecule has 90 valence electrons. The average molecular weight is 343 g/mol. The molecule has 2 rings (SSSR count). The summed E-state index contributed by atoms with van der Waals surface area (Å²) < 4.78 is 7.96. The summed E-state index contributed by atoms with van der Waals surface area (Å²) >= 11 is 2.18. The molecule has 0 fully saturated rings. The lowest BCUT2D eigenvalue weighted by atomic mass is 10.1. The van der Waals surface area contributed by atoms with E-state index in [1.165, 1.54) is 11.1 Å². The van der Waals surface area contributed by atoms with Crippen molar-refractivity contribution >= 4 is 28.4 Å². The van der Waals surface area contributed by atoms with Crippen molar-refractivity contribution < 1.29 is 4.74 Å². The molecule has 2 aromatic rings. The van der Waals surface area contributed by atoms with E-state index in [1.807, 2.05) is 12.1 Å². The lowest BCUT2D eigenvalue weighted by molar-refractivity contribution is 0.184. The maximum atomic E-state index is 5.94. The van der Waals surface area contributed by atoms with E-state index in [-0.39, 0.29) is 0 Å². The van der Waals surface area contributed by atoms with E-state index in [1.54, 1.807) is 18.0 Å². The summed E-state index contributed by atoms with van der Waals surface area (Å²) in [5, 5.41) is 4.26. The minimum Gasteiger partial charge on any atom is -0.383 e. The Hall–Kier alpha value is -1.08. The minimum atomic E-state index is 0.606. The number of methoxy groups -OCH3 is 1. The fourth-order valence-electron chi connectivity index (χ4n) is 1.67. The number of aromatic nitrogens is 2. The zero-order valence-electron chi connectivity index (χ0n) is 9.56. The molecule has 0 saturated heterocycles. The van der Waals surface area contributed by atoms with Gasteiger partial charge >= 0.3 is 0 Å². The molecule has 0 aliphatic heterocycles. The summed E-state index contributed by atoms with van der Waals surface area (Å²) in [6.45, 7) is 1.28. The number of anilines is 1. The number of rotatable bonds is 4. The van der Waals surface area contributed by atoms with Crippen molar-refractivity contribution in [2.24, 2.45) is 0 Å². The van der Waals surface area contributed by atoms with Crippen molar-refractivity contribution in [3.8, 4) is 0 Å². The topological polar surface area (TPSA) is 53.1 Å². The van der Waals surface area contributed by atoms with Gasteiger partial charge in [0.25, 0.3) is 0 Å². The van der Waals surface area contributed by atoms with E-state index >= 15 is 0 Å². The second kappa shape index (κ2) is 5.50. The third-order valence-corrected chi connectivity index (χ3v) is 3.40. The van der Waals surface area contributed by atoms with E-state index < -0.39 is 0 Å². The van der Waals surface area contributed by atoms with Crippen LogP contribution < -0.4 is 5.73 Å². The first-order valence-electron chi connectivity index (χ1n) is 5.25. The second-order valence-electron chi connectivity index (χ2n) is 3.74. The van der Waals surface area contributed by atoms with Gasteiger partial charge in [-0.05, 0) is 33.7 Å². The summed E-state index contributed by atoms with van der Waals surface area (Å²) in [6.07, 6.45) is 1.77. The molecule has 0 aliphatic rings. The van der Waals surface area contributed by atoms with Crippen molar-refractivity contribution in [1.82, 2.24) is 9.78 Å². The van der Waals surface area contributed by atoms with Crippen LogP contribution in [0.3, 0.4) is 0 Å². The van der Waals surface area contributed by atoms with Crippen molar-refractivity contribution in [3.05, 3.63) is 45.2 Å². The van der Waals surface area contributed by atoms with Gasteiger partial charge in [-0.25, -0.2) is 4.68 Å².